The largest absolute Gasteiger partial charge is 0.380 e. The molecule has 1 heterocycles. The molecule has 127 valence electrons. The molecule has 1 aliphatic rings. The van der Waals surface area contributed by atoms with Crippen LogP contribution in [0.5, 0.6) is 0 Å². The number of nitrogens with zero attached hydrogens (tertiary/aromatic N) is 2. The Labute approximate surface area is 145 Å². The Hall–Kier alpha value is -1.03. The Morgan fingerprint density at radius 3 is 2.83 bits per heavy atom. The number of halogens is 1. The molecule has 1 aromatic rings. The molecule has 2 rings (SSSR count). The van der Waals surface area contributed by atoms with Crippen LogP contribution in [-0.4, -0.2) is 51.3 Å². The first-order valence-electron chi connectivity index (χ1n) is 8.48. The van der Waals surface area contributed by atoms with Gasteiger partial charge in [0.25, 0.3) is 0 Å². The van der Waals surface area contributed by atoms with E-state index in [0.717, 1.165) is 56.0 Å². The van der Waals surface area contributed by atoms with Gasteiger partial charge in [-0.2, -0.15) is 0 Å². The minimum atomic E-state index is 0.750. The van der Waals surface area contributed by atoms with Crippen molar-refractivity contribution in [1.29, 1.82) is 0 Å². The van der Waals surface area contributed by atoms with Gasteiger partial charge in [0, 0.05) is 49.6 Å². The van der Waals surface area contributed by atoms with E-state index in [-0.39, 0.29) is 0 Å². The van der Waals surface area contributed by atoms with Crippen LogP contribution in [0.4, 0.5) is 5.69 Å². The molecule has 0 bridgehead atoms. The summed E-state index contributed by atoms with van der Waals surface area (Å²) in [6, 6.07) is 9.11. The lowest BCUT2D eigenvalue weighted by atomic mass is 9.93. The fourth-order valence-electron chi connectivity index (χ4n) is 2.94. The maximum Gasteiger partial charge on any atom is 0.0593 e. The Morgan fingerprint density at radius 1 is 1.39 bits per heavy atom. The lowest BCUT2D eigenvalue weighted by Gasteiger charge is -2.33. The van der Waals surface area contributed by atoms with E-state index in [0.29, 0.717) is 0 Å². The number of ether oxygens (including phenoxy) is 1. The third kappa shape index (κ3) is 6.54. The molecular formula is C19H28ClN2O. The average Bonchev–Trinajstić information content (AvgIpc) is 2.56. The molecule has 0 aromatic heterocycles. The summed E-state index contributed by atoms with van der Waals surface area (Å²) in [5.41, 5.74) is 1.16. The fraction of sp³-hybridized carbons (Fsp3) is 0.579. The van der Waals surface area contributed by atoms with Crippen molar-refractivity contribution >= 4 is 17.3 Å². The number of benzene rings is 1. The molecule has 1 aliphatic heterocycles. The first kappa shape index (κ1) is 18.3. The lowest BCUT2D eigenvalue weighted by Crippen LogP contribution is -2.34. The molecule has 0 atom stereocenters. The first-order chi connectivity index (χ1) is 11.2. The number of likely N-dealkylation sites (N-methyl/N-ethyl adjacent to an activating group) is 1. The van der Waals surface area contributed by atoms with Crippen molar-refractivity contribution in [2.45, 2.75) is 19.3 Å². The van der Waals surface area contributed by atoms with E-state index in [4.69, 9.17) is 16.3 Å². The topological polar surface area (TPSA) is 15.7 Å². The van der Waals surface area contributed by atoms with Gasteiger partial charge in [0.05, 0.1) is 6.61 Å². The van der Waals surface area contributed by atoms with Crippen LogP contribution in [0.25, 0.3) is 0 Å². The normalized spacial score (nSPS) is 16.0. The van der Waals surface area contributed by atoms with Gasteiger partial charge in [-0.05, 0) is 50.4 Å². The quantitative estimate of drug-likeness (QED) is 0.503. The van der Waals surface area contributed by atoms with Crippen LogP contribution in [0.1, 0.15) is 19.3 Å². The third-order valence-electron chi connectivity index (χ3n) is 4.44. The van der Waals surface area contributed by atoms with Crippen LogP contribution in [0.2, 0.25) is 5.02 Å². The molecule has 0 spiro atoms. The van der Waals surface area contributed by atoms with E-state index in [2.05, 4.69) is 35.6 Å². The van der Waals surface area contributed by atoms with Crippen molar-refractivity contribution in [3.63, 3.8) is 0 Å². The predicted octanol–water partition coefficient (Wildman–Crippen LogP) is 3.88. The highest BCUT2D eigenvalue weighted by atomic mass is 35.5. The van der Waals surface area contributed by atoms with Crippen LogP contribution < -0.4 is 4.90 Å². The highest BCUT2D eigenvalue weighted by molar-refractivity contribution is 6.30. The minimum absolute atomic E-state index is 0.750. The zero-order chi connectivity index (χ0) is 16.5. The molecule has 1 aromatic carbocycles. The van der Waals surface area contributed by atoms with E-state index in [1.165, 1.54) is 19.3 Å². The van der Waals surface area contributed by atoms with Gasteiger partial charge in [0.2, 0.25) is 0 Å². The van der Waals surface area contributed by atoms with E-state index in [1.807, 2.05) is 18.2 Å². The summed E-state index contributed by atoms with van der Waals surface area (Å²) < 4.78 is 5.77. The zero-order valence-electron chi connectivity index (χ0n) is 14.1. The highest BCUT2D eigenvalue weighted by Crippen LogP contribution is 2.25. The molecule has 0 amide bonds. The molecule has 0 saturated carbocycles. The van der Waals surface area contributed by atoms with Gasteiger partial charge in [-0.1, -0.05) is 17.7 Å². The summed E-state index contributed by atoms with van der Waals surface area (Å²) in [5.74, 6) is 0.782. The van der Waals surface area contributed by atoms with Gasteiger partial charge < -0.3 is 14.5 Å². The Balaban J connectivity index is 1.58. The van der Waals surface area contributed by atoms with Gasteiger partial charge in [-0.25, -0.2) is 0 Å². The van der Waals surface area contributed by atoms with Gasteiger partial charge in [0.1, 0.15) is 0 Å². The van der Waals surface area contributed by atoms with Crippen molar-refractivity contribution in [1.82, 2.24) is 4.90 Å². The standard InChI is InChI=1S/C19H28ClN2O/c1-3-11-21(2)14-16-23-15-10-17-8-12-22(13-9-17)19-6-4-18(20)5-7-19/h3-6,17H,1,8-16H2,2H3. The van der Waals surface area contributed by atoms with E-state index in [9.17, 15) is 0 Å². The predicted molar refractivity (Wildman–Crippen MR) is 98.4 cm³/mol. The fourth-order valence-corrected chi connectivity index (χ4v) is 3.06. The van der Waals surface area contributed by atoms with Crippen LogP contribution in [0, 0.1) is 12.0 Å². The Kier molecular flexibility index (Phi) is 7.93. The zero-order valence-corrected chi connectivity index (χ0v) is 14.9. The maximum absolute atomic E-state index is 5.92. The van der Waals surface area contributed by atoms with Gasteiger partial charge >= 0.3 is 0 Å². The van der Waals surface area contributed by atoms with Crippen LogP contribution >= 0.6 is 11.6 Å². The second-order valence-corrected chi connectivity index (χ2v) is 6.71. The lowest BCUT2D eigenvalue weighted by molar-refractivity contribution is 0.0998. The molecular weight excluding hydrogens is 308 g/mol. The molecule has 0 aliphatic carbocycles. The second-order valence-electron chi connectivity index (χ2n) is 6.27. The summed E-state index contributed by atoms with van der Waals surface area (Å²) in [6.07, 6.45) is 5.56. The molecule has 4 heteroatoms. The SMILES string of the molecule is C=CCN(C)CCOCCC1CCN(c2[c]cc(Cl)cc2)CC1. The number of piperidine rings is 1. The molecule has 1 saturated heterocycles. The Bertz CT molecular complexity index is 455. The number of anilines is 1. The number of hydrogen-bond donors (Lipinski definition) is 0. The van der Waals surface area contributed by atoms with Crippen molar-refractivity contribution in [2.75, 3.05) is 51.3 Å². The molecule has 0 unspecified atom stereocenters. The van der Waals surface area contributed by atoms with Crippen LogP contribution in [0.15, 0.2) is 30.9 Å². The molecule has 1 fully saturated rings. The highest BCUT2D eigenvalue weighted by Gasteiger charge is 2.19. The summed E-state index contributed by atoms with van der Waals surface area (Å²) in [6.45, 7) is 9.52. The van der Waals surface area contributed by atoms with Crippen molar-refractivity contribution in [2.24, 2.45) is 5.92 Å². The smallest absolute Gasteiger partial charge is 0.0593 e. The van der Waals surface area contributed by atoms with Gasteiger partial charge in [0.15, 0.2) is 0 Å². The van der Waals surface area contributed by atoms with Gasteiger partial charge in [-0.15, -0.1) is 6.58 Å². The van der Waals surface area contributed by atoms with Crippen molar-refractivity contribution in [3.8, 4) is 0 Å². The second kappa shape index (κ2) is 9.96. The minimum Gasteiger partial charge on any atom is -0.380 e. The van der Waals surface area contributed by atoms with Crippen LogP contribution in [-0.2, 0) is 4.74 Å². The maximum atomic E-state index is 5.92. The van der Waals surface area contributed by atoms with E-state index < -0.39 is 0 Å². The summed E-state index contributed by atoms with van der Waals surface area (Å²) in [7, 11) is 2.09. The van der Waals surface area contributed by atoms with Crippen LogP contribution in [0.3, 0.4) is 0 Å². The summed E-state index contributed by atoms with van der Waals surface area (Å²) in [4.78, 5) is 4.62. The number of rotatable bonds is 9. The van der Waals surface area contributed by atoms with E-state index >= 15 is 0 Å². The van der Waals surface area contributed by atoms with Crippen molar-refractivity contribution < 1.29 is 4.74 Å². The van der Waals surface area contributed by atoms with Crippen molar-refractivity contribution in [3.05, 3.63) is 41.9 Å². The van der Waals surface area contributed by atoms with Gasteiger partial charge in [-0.3, -0.25) is 0 Å². The molecule has 1 radical (unpaired) electrons. The summed E-state index contributed by atoms with van der Waals surface area (Å²) in [5, 5.41) is 0.750. The van der Waals surface area contributed by atoms with E-state index in [1.54, 1.807) is 0 Å². The first-order valence-corrected chi connectivity index (χ1v) is 8.86. The average molecular weight is 336 g/mol. The third-order valence-corrected chi connectivity index (χ3v) is 4.68. The summed E-state index contributed by atoms with van der Waals surface area (Å²) >= 11 is 5.92. The molecule has 0 N–H and O–H groups in total. The molecule has 23 heavy (non-hydrogen) atoms. The Morgan fingerprint density at radius 2 is 2.17 bits per heavy atom. The monoisotopic (exact) mass is 335 g/mol. The number of hydrogen-bond acceptors (Lipinski definition) is 3. The molecule has 3 nitrogen and oxygen atoms in total.